The van der Waals surface area contributed by atoms with Crippen LogP contribution in [0.1, 0.15) is 40.6 Å². The predicted molar refractivity (Wildman–Crippen MR) is 90.9 cm³/mol. The van der Waals surface area contributed by atoms with E-state index in [4.69, 9.17) is 0 Å². The number of hydrogen-bond acceptors (Lipinski definition) is 3. The molecule has 2 aromatic heterocycles. The Morgan fingerprint density at radius 3 is 2.62 bits per heavy atom. The zero-order valence-electron chi connectivity index (χ0n) is 13.2. The smallest absolute Gasteiger partial charge is 0.270 e. The number of nitrogens with zero attached hydrogens (tertiary/aromatic N) is 3. The molecule has 0 unspecified atom stereocenters. The van der Waals surface area contributed by atoms with Crippen LogP contribution in [0.25, 0.3) is 5.69 Å². The Kier molecular flexibility index (Phi) is 3.83. The van der Waals surface area contributed by atoms with Gasteiger partial charge in [-0.1, -0.05) is 24.3 Å². The van der Waals surface area contributed by atoms with E-state index >= 15 is 0 Å². The van der Waals surface area contributed by atoms with Crippen molar-refractivity contribution in [1.29, 1.82) is 0 Å². The van der Waals surface area contributed by atoms with Crippen molar-refractivity contribution in [1.82, 2.24) is 20.1 Å². The van der Waals surface area contributed by atoms with Gasteiger partial charge in [0, 0.05) is 12.1 Å². The Bertz CT molecular complexity index is 838. The van der Waals surface area contributed by atoms with E-state index in [-0.39, 0.29) is 5.91 Å². The summed E-state index contributed by atoms with van der Waals surface area (Å²) in [5.41, 5.74) is 3.30. The lowest BCUT2D eigenvalue weighted by Gasteiger charge is -2.08. The number of aromatic nitrogens is 3. The van der Waals surface area contributed by atoms with Crippen LogP contribution in [0.3, 0.4) is 0 Å². The van der Waals surface area contributed by atoms with Gasteiger partial charge in [0.05, 0.1) is 23.6 Å². The molecule has 5 nitrogen and oxygen atoms in total. The van der Waals surface area contributed by atoms with Crippen molar-refractivity contribution in [3.8, 4) is 5.69 Å². The summed E-state index contributed by atoms with van der Waals surface area (Å²) < 4.78 is 1.74. The maximum absolute atomic E-state index is 12.7. The minimum absolute atomic E-state index is 0.135. The van der Waals surface area contributed by atoms with Gasteiger partial charge in [-0.25, -0.2) is 4.68 Å². The lowest BCUT2D eigenvalue weighted by molar-refractivity contribution is 0.0942. The van der Waals surface area contributed by atoms with Crippen molar-refractivity contribution in [2.24, 2.45) is 0 Å². The van der Waals surface area contributed by atoms with Crippen molar-refractivity contribution in [2.75, 3.05) is 0 Å². The lowest BCUT2D eigenvalue weighted by atomic mass is 10.2. The number of pyridine rings is 1. The van der Waals surface area contributed by atoms with Crippen LogP contribution in [0, 0.1) is 0 Å². The molecular weight excluding hydrogens is 300 g/mol. The summed E-state index contributed by atoms with van der Waals surface area (Å²) in [4.78, 5) is 16.9. The normalized spacial score (nSPS) is 13.7. The van der Waals surface area contributed by atoms with Gasteiger partial charge in [0.25, 0.3) is 5.91 Å². The number of amides is 1. The van der Waals surface area contributed by atoms with E-state index in [1.807, 2.05) is 54.6 Å². The Morgan fingerprint density at radius 1 is 1.12 bits per heavy atom. The van der Waals surface area contributed by atoms with Gasteiger partial charge in [0.15, 0.2) is 0 Å². The molecule has 1 aromatic carbocycles. The number of carbonyl (C=O) groups excluding carboxylic acids is 1. The van der Waals surface area contributed by atoms with Crippen LogP contribution in [0.5, 0.6) is 0 Å². The number of benzene rings is 1. The summed E-state index contributed by atoms with van der Waals surface area (Å²) in [5, 5.41) is 7.59. The summed E-state index contributed by atoms with van der Waals surface area (Å²) in [6.07, 6.45) is 4.03. The van der Waals surface area contributed by atoms with Gasteiger partial charge in [-0.2, -0.15) is 5.10 Å². The van der Waals surface area contributed by atoms with E-state index in [0.29, 0.717) is 18.2 Å². The molecule has 0 bridgehead atoms. The molecular formula is C19H18N4O. The fraction of sp³-hybridized carbons (Fsp3) is 0.211. The molecule has 0 atom stereocenters. The third kappa shape index (κ3) is 3.06. The van der Waals surface area contributed by atoms with Crippen molar-refractivity contribution >= 4 is 5.91 Å². The molecule has 24 heavy (non-hydrogen) atoms. The zero-order chi connectivity index (χ0) is 16.4. The number of carbonyl (C=O) groups is 1. The topological polar surface area (TPSA) is 59.8 Å². The molecule has 3 aromatic rings. The Labute approximate surface area is 140 Å². The molecule has 1 N–H and O–H groups in total. The van der Waals surface area contributed by atoms with Crippen molar-refractivity contribution in [2.45, 2.75) is 25.3 Å². The highest BCUT2D eigenvalue weighted by molar-refractivity contribution is 5.93. The quantitative estimate of drug-likeness (QED) is 0.786. The standard InChI is InChI=1S/C19H18N4O/c24-19(21-13-15-6-4-5-11-20-15)18-12-17(14-9-10-14)22-23(18)16-7-2-1-3-8-16/h1-8,11-12,14H,9-10,13H2,(H,21,24). The number of hydrogen-bond donors (Lipinski definition) is 1. The summed E-state index contributed by atoms with van der Waals surface area (Å²) in [7, 11) is 0. The molecule has 120 valence electrons. The van der Waals surface area contributed by atoms with Gasteiger partial charge in [-0.05, 0) is 43.2 Å². The van der Waals surface area contributed by atoms with Crippen LogP contribution in [0.4, 0.5) is 0 Å². The first kappa shape index (κ1) is 14.6. The highest BCUT2D eigenvalue weighted by Gasteiger charge is 2.29. The largest absolute Gasteiger partial charge is 0.345 e. The average Bonchev–Trinajstić information content (AvgIpc) is 3.40. The molecule has 4 rings (SSSR count). The van der Waals surface area contributed by atoms with Gasteiger partial charge in [-0.15, -0.1) is 0 Å². The molecule has 1 aliphatic rings. The van der Waals surface area contributed by atoms with E-state index < -0.39 is 0 Å². The first-order valence-corrected chi connectivity index (χ1v) is 8.15. The molecule has 0 aliphatic heterocycles. The number of para-hydroxylation sites is 1. The summed E-state index contributed by atoms with van der Waals surface area (Å²) in [5.74, 6) is 0.362. The van der Waals surface area contributed by atoms with Crippen LogP contribution in [0.15, 0.2) is 60.8 Å². The van der Waals surface area contributed by atoms with Crippen LogP contribution < -0.4 is 5.32 Å². The average molecular weight is 318 g/mol. The van der Waals surface area contributed by atoms with Crippen LogP contribution in [-0.4, -0.2) is 20.7 Å². The summed E-state index contributed by atoms with van der Waals surface area (Å²) in [6.45, 7) is 0.401. The van der Waals surface area contributed by atoms with Crippen LogP contribution in [0.2, 0.25) is 0 Å². The molecule has 1 fully saturated rings. The van der Waals surface area contributed by atoms with Gasteiger partial charge in [0.2, 0.25) is 0 Å². The second-order valence-electron chi connectivity index (χ2n) is 5.98. The highest BCUT2D eigenvalue weighted by Crippen LogP contribution is 2.39. The molecule has 1 aliphatic carbocycles. The van der Waals surface area contributed by atoms with Gasteiger partial charge >= 0.3 is 0 Å². The summed E-state index contributed by atoms with van der Waals surface area (Å²) in [6, 6.07) is 17.3. The van der Waals surface area contributed by atoms with E-state index in [1.54, 1.807) is 10.9 Å². The number of nitrogens with one attached hydrogen (secondary N) is 1. The SMILES string of the molecule is O=C(NCc1ccccn1)c1cc(C2CC2)nn1-c1ccccc1. The monoisotopic (exact) mass is 318 g/mol. The lowest BCUT2D eigenvalue weighted by Crippen LogP contribution is -2.25. The first-order valence-electron chi connectivity index (χ1n) is 8.15. The van der Waals surface area contributed by atoms with Gasteiger partial charge in [-0.3, -0.25) is 9.78 Å². The van der Waals surface area contributed by atoms with Crippen molar-refractivity contribution in [3.63, 3.8) is 0 Å². The van der Waals surface area contributed by atoms with E-state index in [0.717, 1.165) is 29.9 Å². The minimum Gasteiger partial charge on any atom is -0.345 e. The molecule has 1 saturated carbocycles. The Balaban J connectivity index is 1.60. The van der Waals surface area contributed by atoms with E-state index in [9.17, 15) is 4.79 Å². The van der Waals surface area contributed by atoms with Crippen LogP contribution >= 0.6 is 0 Å². The molecule has 2 heterocycles. The third-order valence-electron chi connectivity index (χ3n) is 4.11. The zero-order valence-corrected chi connectivity index (χ0v) is 13.2. The van der Waals surface area contributed by atoms with E-state index in [1.165, 1.54) is 0 Å². The molecule has 5 heteroatoms. The van der Waals surface area contributed by atoms with Gasteiger partial charge in [0.1, 0.15) is 5.69 Å². The fourth-order valence-electron chi connectivity index (χ4n) is 2.67. The second kappa shape index (κ2) is 6.28. The molecule has 0 radical (unpaired) electrons. The third-order valence-corrected chi connectivity index (χ3v) is 4.11. The molecule has 1 amide bonds. The van der Waals surface area contributed by atoms with Crippen molar-refractivity contribution in [3.05, 3.63) is 77.9 Å². The highest BCUT2D eigenvalue weighted by atomic mass is 16.2. The maximum Gasteiger partial charge on any atom is 0.270 e. The predicted octanol–water partition coefficient (Wildman–Crippen LogP) is 3.07. The van der Waals surface area contributed by atoms with Crippen molar-refractivity contribution < 1.29 is 4.79 Å². The van der Waals surface area contributed by atoms with Gasteiger partial charge < -0.3 is 5.32 Å². The van der Waals surface area contributed by atoms with Crippen LogP contribution in [-0.2, 0) is 6.54 Å². The maximum atomic E-state index is 12.7. The first-order chi connectivity index (χ1) is 11.8. The molecule has 0 saturated heterocycles. The second-order valence-corrected chi connectivity index (χ2v) is 5.98. The van der Waals surface area contributed by atoms with E-state index in [2.05, 4.69) is 15.4 Å². The molecule has 0 spiro atoms. The minimum atomic E-state index is -0.135. The number of rotatable bonds is 5. The summed E-state index contributed by atoms with van der Waals surface area (Å²) >= 11 is 0. The fourth-order valence-corrected chi connectivity index (χ4v) is 2.67. The Morgan fingerprint density at radius 2 is 1.92 bits per heavy atom. The Hall–Kier alpha value is -2.95.